The lowest BCUT2D eigenvalue weighted by molar-refractivity contribution is 0.167. The first-order valence-electron chi connectivity index (χ1n) is 5.26. The molecular weight excluding hydrogens is 188 g/mol. The molecule has 0 aliphatic carbocycles. The monoisotopic (exact) mass is 212 g/mol. The van der Waals surface area contributed by atoms with E-state index in [0.717, 1.165) is 0 Å². The van der Waals surface area contributed by atoms with Gasteiger partial charge in [0.2, 0.25) is 0 Å². The summed E-state index contributed by atoms with van der Waals surface area (Å²) in [5.41, 5.74) is 0. The Balaban J connectivity index is 4.46. The Hall–Kier alpha value is -0.263. The molecule has 0 saturated heterocycles. The predicted molar refractivity (Wildman–Crippen MR) is 65.7 cm³/mol. The molecule has 0 heterocycles. The van der Waals surface area contributed by atoms with Crippen LogP contribution in [0.3, 0.4) is 0 Å². The Morgan fingerprint density at radius 3 is 1.93 bits per heavy atom. The maximum Gasteiger partial charge on any atom is 0.192 e. The van der Waals surface area contributed by atoms with Crippen LogP contribution < -0.4 is 0 Å². The van der Waals surface area contributed by atoms with E-state index in [1.54, 1.807) is 0 Å². The van der Waals surface area contributed by atoms with Gasteiger partial charge >= 0.3 is 0 Å². The van der Waals surface area contributed by atoms with Gasteiger partial charge in [-0.1, -0.05) is 20.8 Å². The first-order valence-corrected chi connectivity index (χ1v) is 8.16. The van der Waals surface area contributed by atoms with Crippen LogP contribution in [0.15, 0.2) is 0 Å². The third-order valence-corrected chi connectivity index (χ3v) is 7.83. The van der Waals surface area contributed by atoms with Crippen molar-refractivity contribution in [2.24, 2.45) is 5.92 Å². The highest BCUT2D eigenvalue weighted by Gasteiger charge is 2.38. The molecule has 0 aromatic rings. The van der Waals surface area contributed by atoms with Gasteiger partial charge in [0.05, 0.1) is 6.10 Å². The Morgan fingerprint density at radius 2 is 1.64 bits per heavy atom. The van der Waals surface area contributed by atoms with Crippen LogP contribution in [0.25, 0.3) is 0 Å². The van der Waals surface area contributed by atoms with Crippen LogP contribution in [-0.4, -0.2) is 14.4 Å². The normalized spacial score (nSPS) is 17.3. The van der Waals surface area contributed by atoms with E-state index >= 15 is 0 Å². The van der Waals surface area contributed by atoms with Crippen molar-refractivity contribution in [1.82, 2.24) is 0 Å². The van der Waals surface area contributed by atoms with Crippen molar-refractivity contribution >= 4 is 8.32 Å². The maximum atomic E-state index is 6.15. The zero-order valence-electron chi connectivity index (χ0n) is 10.6. The fourth-order valence-corrected chi connectivity index (χ4v) is 2.37. The topological polar surface area (TPSA) is 9.23 Å². The molecule has 82 valence electrons. The summed E-state index contributed by atoms with van der Waals surface area (Å²) in [5, 5.41) is 0.260. The second-order valence-electron chi connectivity index (χ2n) is 5.54. The Kier molecular flexibility index (Phi) is 4.42. The lowest BCUT2D eigenvalue weighted by Crippen LogP contribution is -2.44. The summed E-state index contributed by atoms with van der Waals surface area (Å²) in [5.74, 6) is 2.93. The zero-order chi connectivity index (χ0) is 11.6. The molecule has 14 heavy (non-hydrogen) atoms. The second-order valence-corrected chi connectivity index (χ2v) is 10.3. The maximum absolute atomic E-state index is 6.15. The minimum absolute atomic E-state index is 0.167. The molecule has 0 spiro atoms. The van der Waals surface area contributed by atoms with E-state index in [1.165, 1.54) is 0 Å². The largest absolute Gasteiger partial charge is 0.413 e. The molecule has 2 atom stereocenters. The molecule has 0 aliphatic heterocycles. The lowest BCUT2D eigenvalue weighted by atomic mass is 10.1. The van der Waals surface area contributed by atoms with Gasteiger partial charge in [-0.25, -0.2) is 0 Å². The SMILES string of the molecule is C#C[C@@H](C)[C@H](C)O[Si](C)(C)C(C)(C)C. The average Bonchev–Trinajstić information content (AvgIpc) is 2.00. The number of rotatable bonds is 3. The molecule has 0 amide bonds. The van der Waals surface area contributed by atoms with Crippen molar-refractivity contribution in [2.45, 2.75) is 58.9 Å². The molecule has 0 saturated carbocycles. The molecule has 0 aromatic carbocycles. The molecule has 0 aliphatic rings. The third-order valence-electron chi connectivity index (χ3n) is 3.25. The summed E-state index contributed by atoms with van der Waals surface area (Å²) < 4.78 is 6.15. The van der Waals surface area contributed by atoms with Gasteiger partial charge in [0.1, 0.15) is 0 Å². The van der Waals surface area contributed by atoms with Crippen LogP contribution in [0.4, 0.5) is 0 Å². The van der Waals surface area contributed by atoms with Crippen molar-refractivity contribution in [3.05, 3.63) is 0 Å². The molecule has 0 radical (unpaired) electrons. The average molecular weight is 212 g/mol. The number of terminal acetylenes is 1. The van der Waals surface area contributed by atoms with Gasteiger partial charge < -0.3 is 4.43 Å². The summed E-state index contributed by atoms with van der Waals surface area (Å²) >= 11 is 0. The van der Waals surface area contributed by atoms with E-state index < -0.39 is 8.32 Å². The summed E-state index contributed by atoms with van der Waals surface area (Å²) in [4.78, 5) is 0. The highest BCUT2D eigenvalue weighted by atomic mass is 28.4. The van der Waals surface area contributed by atoms with E-state index in [0.29, 0.717) is 0 Å². The fourth-order valence-electron chi connectivity index (χ4n) is 0.879. The van der Waals surface area contributed by atoms with Crippen LogP contribution in [0.1, 0.15) is 34.6 Å². The quantitative estimate of drug-likeness (QED) is 0.512. The number of hydrogen-bond acceptors (Lipinski definition) is 1. The van der Waals surface area contributed by atoms with Gasteiger partial charge in [0.25, 0.3) is 0 Å². The lowest BCUT2D eigenvalue weighted by Gasteiger charge is -2.39. The van der Waals surface area contributed by atoms with Gasteiger partial charge in [-0.2, -0.15) is 0 Å². The number of hydrogen-bond donors (Lipinski definition) is 0. The van der Waals surface area contributed by atoms with Crippen LogP contribution in [0.5, 0.6) is 0 Å². The van der Waals surface area contributed by atoms with Crippen molar-refractivity contribution < 1.29 is 4.43 Å². The van der Waals surface area contributed by atoms with E-state index in [9.17, 15) is 0 Å². The summed E-state index contributed by atoms with van der Waals surface area (Å²) in [6.07, 6.45) is 5.55. The zero-order valence-corrected chi connectivity index (χ0v) is 11.6. The summed E-state index contributed by atoms with van der Waals surface area (Å²) in [7, 11) is -1.64. The minimum atomic E-state index is -1.64. The summed E-state index contributed by atoms with van der Waals surface area (Å²) in [6, 6.07) is 0. The molecule has 2 heteroatoms. The molecular formula is C12H24OSi. The first-order chi connectivity index (χ1) is 6.12. The minimum Gasteiger partial charge on any atom is -0.413 e. The van der Waals surface area contributed by atoms with Crippen molar-refractivity contribution in [2.75, 3.05) is 0 Å². The van der Waals surface area contributed by atoms with E-state index in [2.05, 4.69) is 46.7 Å². The Labute approximate surface area is 90.4 Å². The van der Waals surface area contributed by atoms with E-state index in [-0.39, 0.29) is 17.1 Å². The molecule has 0 N–H and O–H groups in total. The molecule has 0 fully saturated rings. The van der Waals surface area contributed by atoms with Gasteiger partial charge in [-0.15, -0.1) is 12.3 Å². The highest BCUT2D eigenvalue weighted by Crippen LogP contribution is 2.37. The van der Waals surface area contributed by atoms with Crippen LogP contribution >= 0.6 is 0 Å². The fraction of sp³-hybridized carbons (Fsp3) is 0.833. The molecule has 0 unspecified atom stereocenters. The Morgan fingerprint density at radius 1 is 1.21 bits per heavy atom. The van der Waals surface area contributed by atoms with Crippen LogP contribution in [0.2, 0.25) is 18.1 Å². The van der Waals surface area contributed by atoms with Gasteiger partial charge in [0.15, 0.2) is 8.32 Å². The Bertz CT molecular complexity index is 219. The smallest absolute Gasteiger partial charge is 0.192 e. The van der Waals surface area contributed by atoms with Crippen molar-refractivity contribution in [3.8, 4) is 12.3 Å². The van der Waals surface area contributed by atoms with Gasteiger partial charge in [-0.05, 0) is 32.0 Å². The predicted octanol–water partition coefficient (Wildman–Crippen LogP) is 3.67. The highest BCUT2D eigenvalue weighted by molar-refractivity contribution is 6.74. The van der Waals surface area contributed by atoms with Crippen LogP contribution in [-0.2, 0) is 4.43 Å². The molecule has 1 nitrogen and oxygen atoms in total. The standard InChI is InChI=1S/C12H24OSi/c1-9-10(2)11(3)13-14(7,8)12(4,5)6/h1,10-11H,2-8H3/t10-,11+/m1/s1. The molecule has 0 rings (SSSR count). The van der Waals surface area contributed by atoms with Gasteiger partial charge in [-0.3, -0.25) is 0 Å². The van der Waals surface area contributed by atoms with E-state index in [4.69, 9.17) is 10.8 Å². The second kappa shape index (κ2) is 4.50. The van der Waals surface area contributed by atoms with Gasteiger partial charge in [0, 0.05) is 5.92 Å². The first kappa shape index (κ1) is 13.7. The van der Waals surface area contributed by atoms with Crippen molar-refractivity contribution in [3.63, 3.8) is 0 Å². The summed E-state index contributed by atoms with van der Waals surface area (Å²) in [6.45, 7) is 15.4. The van der Waals surface area contributed by atoms with Crippen molar-refractivity contribution in [1.29, 1.82) is 0 Å². The molecule has 0 aromatic heterocycles. The van der Waals surface area contributed by atoms with Crippen LogP contribution in [0, 0.1) is 18.3 Å². The molecule has 0 bridgehead atoms. The third kappa shape index (κ3) is 3.47. The van der Waals surface area contributed by atoms with E-state index in [1.807, 2.05) is 6.92 Å².